The van der Waals surface area contributed by atoms with Crippen LogP contribution in [0.2, 0.25) is 0 Å². The zero-order chi connectivity index (χ0) is 14.8. The predicted octanol–water partition coefficient (Wildman–Crippen LogP) is 4.58. The monoisotopic (exact) mass is 306 g/mol. The number of aromatic nitrogens is 2. The minimum atomic E-state index is 0.521. The van der Waals surface area contributed by atoms with Crippen LogP contribution in [0.3, 0.4) is 0 Å². The first kappa shape index (κ1) is 14.7. The van der Waals surface area contributed by atoms with Gasteiger partial charge < -0.3 is 9.30 Å². The van der Waals surface area contributed by atoms with Crippen LogP contribution in [0.5, 0.6) is 5.75 Å². The highest BCUT2D eigenvalue weighted by molar-refractivity contribution is 6.17. The summed E-state index contributed by atoms with van der Waals surface area (Å²) in [5.74, 6) is 3.52. The fraction of sp³-hybridized carbons (Fsp3) is 0.588. The molecule has 0 N–H and O–H groups in total. The predicted molar refractivity (Wildman–Crippen MR) is 87.4 cm³/mol. The van der Waals surface area contributed by atoms with Gasteiger partial charge in [-0.1, -0.05) is 19.8 Å². The summed E-state index contributed by atoms with van der Waals surface area (Å²) in [6.45, 7) is 2.27. The molecule has 4 heteroatoms. The summed E-state index contributed by atoms with van der Waals surface area (Å²) in [6, 6.07) is 6.65. The van der Waals surface area contributed by atoms with Gasteiger partial charge in [0.1, 0.15) is 11.6 Å². The number of methoxy groups -OCH3 is 1. The van der Waals surface area contributed by atoms with Gasteiger partial charge in [0.05, 0.1) is 18.1 Å². The molecule has 0 radical (unpaired) electrons. The molecule has 1 fully saturated rings. The smallest absolute Gasteiger partial charge is 0.121 e. The number of imidazole rings is 1. The Morgan fingerprint density at radius 3 is 2.86 bits per heavy atom. The molecule has 1 aromatic carbocycles. The van der Waals surface area contributed by atoms with E-state index in [1.165, 1.54) is 24.8 Å². The molecule has 1 aromatic heterocycles. The SMILES string of the molecule is CCC(CC1CC1)n1c(CCCl)nc2ccc(OC)cc21. The van der Waals surface area contributed by atoms with Crippen LogP contribution in [0.15, 0.2) is 18.2 Å². The Kier molecular flexibility index (Phi) is 4.39. The van der Waals surface area contributed by atoms with Crippen molar-refractivity contribution in [3.05, 3.63) is 24.0 Å². The van der Waals surface area contributed by atoms with Crippen molar-refractivity contribution < 1.29 is 4.74 Å². The number of hydrogen-bond donors (Lipinski definition) is 0. The minimum Gasteiger partial charge on any atom is -0.497 e. The lowest BCUT2D eigenvalue weighted by molar-refractivity contribution is 0.412. The number of ether oxygens (including phenoxy) is 1. The van der Waals surface area contributed by atoms with Gasteiger partial charge in [0.15, 0.2) is 0 Å². The van der Waals surface area contributed by atoms with E-state index in [1.807, 2.05) is 12.1 Å². The van der Waals surface area contributed by atoms with Gasteiger partial charge in [0.2, 0.25) is 0 Å². The summed E-state index contributed by atoms with van der Waals surface area (Å²) < 4.78 is 7.80. The molecule has 1 atom stereocenters. The van der Waals surface area contributed by atoms with Crippen molar-refractivity contribution in [2.75, 3.05) is 13.0 Å². The maximum absolute atomic E-state index is 5.98. The van der Waals surface area contributed by atoms with E-state index in [9.17, 15) is 0 Å². The summed E-state index contributed by atoms with van der Waals surface area (Å²) in [5.41, 5.74) is 2.23. The van der Waals surface area contributed by atoms with Gasteiger partial charge in [0.25, 0.3) is 0 Å². The number of nitrogens with zero attached hydrogens (tertiary/aromatic N) is 2. The van der Waals surface area contributed by atoms with Crippen LogP contribution in [0.4, 0.5) is 0 Å². The molecule has 1 aliphatic rings. The second-order valence-electron chi connectivity index (χ2n) is 5.93. The maximum atomic E-state index is 5.98. The molecule has 0 amide bonds. The highest BCUT2D eigenvalue weighted by Gasteiger charge is 2.27. The number of rotatable bonds is 7. The first-order chi connectivity index (χ1) is 10.3. The molecule has 1 unspecified atom stereocenters. The molecular formula is C17H23ClN2O. The van der Waals surface area contributed by atoms with Crippen molar-refractivity contribution in [3.63, 3.8) is 0 Å². The van der Waals surface area contributed by atoms with Gasteiger partial charge in [-0.2, -0.15) is 0 Å². The van der Waals surface area contributed by atoms with Crippen molar-refractivity contribution in [2.24, 2.45) is 5.92 Å². The lowest BCUT2D eigenvalue weighted by Crippen LogP contribution is -2.13. The van der Waals surface area contributed by atoms with Gasteiger partial charge in [-0.3, -0.25) is 0 Å². The summed E-state index contributed by atoms with van der Waals surface area (Å²) in [6.07, 6.45) is 5.98. The van der Waals surface area contributed by atoms with Gasteiger partial charge >= 0.3 is 0 Å². The van der Waals surface area contributed by atoms with Crippen molar-refractivity contribution in [2.45, 2.75) is 45.1 Å². The van der Waals surface area contributed by atoms with E-state index >= 15 is 0 Å². The Morgan fingerprint density at radius 2 is 2.24 bits per heavy atom. The zero-order valence-electron chi connectivity index (χ0n) is 12.8. The van der Waals surface area contributed by atoms with Crippen LogP contribution in [-0.2, 0) is 6.42 Å². The van der Waals surface area contributed by atoms with Crippen LogP contribution in [-0.4, -0.2) is 22.5 Å². The van der Waals surface area contributed by atoms with Crippen molar-refractivity contribution in [1.29, 1.82) is 0 Å². The quantitative estimate of drug-likeness (QED) is 0.700. The third-order valence-electron chi connectivity index (χ3n) is 4.43. The largest absolute Gasteiger partial charge is 0.497 e. The molecular weight excluding hydrogens is 284 g/mol. The highest BCUT2D eigenvalue weighted by atomic mass is 35.5. The molecule has 0 bridgehead atoms. The average Bonchev–Trinajstić information content (AvgIpc) is 3.25. The van der Waals surface area contributed by atoms with Crippen LogP contribution in [0, 0.1) is 5.92 Å². The zero-order valence-corrected chi connectivity index (χ0v) is 13.6. The molecule has 1 aliphatic carbocycles. The highest BCUT2D eigenvalue weighted by Crippen LogP contribution is 2.39. The van der Waals surface area contributed by atoms with Gasteiger partial charge in [-0.25, -0.2) is 4.98 Å². The topological polar surface area (TPSA) is 27.1 Å². The molecule has 1 heterocycles. The molecule has 0 aliphatic heterocycles. The van der Waals surface area contributed by atoms with Crippen molar-refractivity contribution >= 4 is 22.6 Å². The number of aryl methyl sites for hydroxylation is 1. The molecule has 21 heavy (non-hydrogen) atoms. The average molecular weight is 307 g/mol. The molecule has 3 nitrogen and oxygen atoms in total. The number of alkyl halides is 1. The first-order valence-corrected chi connectivity index (χ1v) is 8.41. The molecule has 2 aromatic rings. The van der Waals surface area contributed by atoms with E-state index in [4.69, 9.17) is 21.3 Å². The standard InChI is InChI=1S/C17H23ClN2O/c1-3-13(10-12-4-5-12)20-16-11-14(21-2)6-7-15(16)19-17(20)8-9-18/h6-7,11-13H,3-5,8-10H2,1-2H3. The summed E-state index contributed by atoms with van der Waals surface area (Å²) in [7, 11) is 1.71. The molecule has 0 spiro atoms. The van der Waals surface area contributed by atoms with E-state index in [2.05, 4.69) is 17.6 Å². The number of halogens is 1. The Bertz CT molecular complexity index is 619. The number of benzene rings is 1. The second-order valence-corrected chi connectivity index (χ2v) is 6.31. The third kappa shape index (κ3) is 3.03. The fourth-order valence-electron chi connectivity index (χ4n) is 3.11. The summed E-state index contributed by atoms with van der Waals surface area (Å²) in [5, 5.41) is 0. The van der Waals surface area contributed by atoms with Crippen molar-refractivity contribution in [1.82, 2.24) is 9.55 Å². The molecule has 114 valence electrons. The second kappa shape index (κ2) is 6.27. The Morgan fingerprint density at radius 1 is 1.43 bits per heavy atom. The lowest BCUT2D eigenvalue weighted by atomic mass is 10.1. The maximum Gasteiger partial charge on any atom is 0.121 e. The van der Waals surface area contributed by atoms with Crippen LogP contribution in [0.1, 0.15) is 44.5 Å². The Hall–Kier alpha value is -1.22. The summed E-state index contributed by atoms with van der Waals surface area (Å²) >= 11 is 5.98. The Labute approximate surface area is 131 Å². The van der Waals surface area contributed by atoms with Crippen LogP contribution in [0.25, 0.3) is 11.0 Å². The lowest BCUT2D eigenvalue weighted by Gasteiger charge is -2.20. The van der Waals surface area contributed by atoms with Gasteiger partial charge in [0, 0.05) is 24.4 Å². The third-order valence-corrected chi connectivity index (χ3v) is 4.62. The van der Waals surface area contributed by atoms with Crippen LogP contribution < -0.4 is 4.74 Å². The van der Waals surface area contributed by atoms with Gasteiger partial charge in [-0.15, -0.1) is 11.6 Å². The van der Waals surface area contributed by atoms with Gasteiger partial charge in [-0.05, 0) is 30.9 Å². The number of hydrogen-bond acceptors (Lipinski definition) is 2. The van der Waals surface area contributed by atoms with E-state index < -0.39 is 0 Å². The molecule has 1 saturated carbocycles. The van der Waals surface area contributed by atoms with E-state index in [0.717, 1.165) is 35.9 Å². The minimum absolute atomic E-state index is 0.521. The molecule has 0 saturated heterocycles. The fourth-order valence-corrected chi connectivity index (χ4v) is 3.28. The first-order valence-electron chi connectivity index (χ1n) is 7.87. The molecule has 3 rings (SSSR count). The van der Waals surface area contributed by atoms with Crippen molar-refractivity contribution in [3.8, 4) is 5.75 Å². The number of fused-ring (bicyclic) bond motifs is 1. The Balaban J connectivity index is 2.07. The van der Waals surface area contributed by atoms with Crippen LogP contribution >= 0.6 is 11.6 Å². The van der Waals surface area contributed by atoms with E-state index in [-0.39, 0.29) is 0 Å². The van der Waals surface area contributed by atoms with E-state index in [0.29, 0.717) is 11.9 Å². The van der Waals surface area contributed by atoms with E-state index in [1.54, 1.807) is 7.11 Å². The normalized spacial score (nSPS) is 16.3. The summed E-state index contributed by atoms with van der Waals surface area (Å²) in [4.78, 5) is 4.80.